The van der Waals surface area contributed by atoms with Crippen LogP contribution in [0.25, 0.3) is 0 Å². The van der Waals surface area contributed by atoms with Gasteiger partial charge in [0.25, 0.3) is 0 Å². The van der Waals surface area contributed by atoms with Gasteiger partial charge in [0.15, 0.2) is 12.2 Å². The second-order valence-electron chi connectivity index (χ2n) is 2.68. The third kappa shape index (κ3) is 1.73. The zero-order chi connectivity index (χ0) is 8.27. The molecule has 1 rings (SSSR count). The summed E-state index contributed by atoms with van der Waals surface area (Å²) in [5.41, 5.74) is 0. The topological polar surface area (TPSA) is 18.0 Å². The lowest BCUT2D eigenvalue weighted by Crippen LogP contribution is -2.47. The van der Waals surface area contributed by atoms with Crippen LogP contribution in [0.1, 0.15) is 26.8 Å². The van der Waals surface area contributed by atoms with E-state index in [9.17, 15) is 0 Å². The molecular weight excluding hydrogens is 140 g/mol. The summed E-state index contributed by atoms with van der Waals surface area (Å²) in [4.78, 5) is 7.07. The Labute approximate surface area is 67.1 Å². The summed E-state index contributed by atoms with van der Waals surface area (Å²) in [6.07, 6.45) is 3.91. The van der Waals surface area contributed by atoms with E-state index in [-0.39, 0.29) is 0 Å². The van der Waals surface area contributed by atoms with Gasteiger partial charge in [-0.1, -0.05) is 4.68 Å². The molecule has 11 heavy (non-hydrogen) atoms. The van der Waals surface area contributed by atoms with Gasteiger partial charge in [0, 0.05) is 10.9 Å². The Kier molecular flexibility index (Phi) is 2.52. The third-order valence-corrected chi connectivity index (χ3v) is 1.47. The molecule has 0 aliphatic rings. The first-order valence-corrected chi connectivity index (χ1v) is 3.97. The number of hydrogen-bond acceptors (Lipinski definition) is 1. The smallest absolute Gasteiger partial charge is 0.199 e. The van der Waals surface area contributed by atoms with Crippen LogP contribution in [0.15, 0.2) is 18.5 Å². The Balaban J connectivity index is 2.78. The van der Waals surface area contributed by atoms with Crippen LogP contribution < -0.4 is 9.52 Å². The Morgan fingerprint density at radius 1 is 1.55 bits per heavy atom. The quantitative estimate of drug-likeness (QED) is 0.591. The first-order chi connectivity index (χ1) is 5.25. The summed E-state index contributed by atoms with van der Waals surface area (Å²) < 4.78 is 2.03. The molecule has 0 spiro atoms. The Morgan fingerprint density at radius 3 is 2.82 bits per heavy atom. The highest BCUT2D eigenvalue weighted by atomic mass is 16.7. The molecule has 0 aliphatic heterocycles. The van der Waals surface area contributed by atoms with Crippen molar-refractivity contribution in [2.45, 2.75) is 26.8 Å². The van der Waals surface area contributed by atoms with Gasteiger partial charge in [-0.15, -0.1) is 0 Å². The van der Waals surface area contributed by atoms with Crippen molar-refractivity contribution in [2.75, 3.05) is 6.61 Å². The molecule has 3 heteroatoms. The molecule has 0 N–H and O–H groups in total. The van der Waals surface area contributed by atoms with Gasteiger partial charge in [0.1, 0.15) is 12.8 Å². The van der Waals surface area contributed by atoms with Gasteiger partial charge >= 0.3 is 0 Å². The molecule has 0 atom stereocenters. The van der Waals surface area contributed by atoms with E-state index in [1.54, 1.807) is 4.85 Å². The minimum absolute atomic E-state index is 0.441. The summed E-state index contributed by atoms with van der Waals surface area (Å²) in [6.45, 7) is 6.91. The van der Waals surface area contributed by atoms with E-state index < -0.39 is 0 Å². The van der Waals surface area contributed by atoms with Crippen molar-refractivity contribution in [1.29, 1.82) is 0 Å². The summed E-state index contributed by atoms with van der Waals surface area (Å²) in [5.74, 6) is 0. The molecule has 3 nitrogen and oxygen atoms in total. The van der Waals surface area contributed by atoms with Gasteiger partial charge in [-0.3, -0.25) is 0 Å². The van der Waals surface area contributed by atoms with E-state index in [2.05, 4.69) is 13.8 Å². The van der Waals surface area contributed by atoms with Crippen LogP contribution in [-0.4, -0.2) is 11.5 Å². The molecule has 0 aliphatic carbocycles. The van der Waals surface area contributed by atoms with Crippen molar-refractivity contribution < 1.29 is 9.52 Å². The molecule has 0 saturated heterocycles. The van der Waals surface area contributed by atoms with Gasteiger partial charge in [0.05, 0.1) is 0 Å². The molecule has 0 fully saturated rings. The molecule has 62 valence electrons. The summed E-state index contributed by atoms with van der Waals surface area (Å²) >= 11 is 0. The predicted octanol–water partition coefficient (Wildman–Crippen LogP) is 0.805. The fourth-order valence-electron chi connectivity index (χ4n) is 0.985. The molecule has 1 heterocycles. The van der Waals surface area contributed by atoms with Gasteiger partial charge in [-0.25, -0.2) is 0 Å². The molecule has 0 unspecified atom stereocenters. The summed E-state index contributed by atoms with van der Waals surface area (Å²) in [7, 11) is 0. The Bertz CT molecular complexity index is 218. The lowest BCUT2D eigenvalue weighted by atomic mass is 10.4. The van der Waals surface area contributed by atoms with E-state index in [0.29, 0.717) is 12.6 Å². The van der Waals surface area contributed by atoms with E-state index >= 15 is 0 Å². The van der Waals surface area contributed by atoms with Crippen LogP contribution in [0, 0.1) is 0 Å². The number of nitrogens with zero attached hydrogens (tertiary/aromatic N) is 2. The lowest BCUT2D eigenvalue weighted by molar-refractivity contribution is -0.814. The monoisotopic (exact) mass is 155 g/mol. The summed E-state index contributed by atoms with van der Waals surface area (Å²) in [5, 5.41) is 0. The highest BCUT2D eigenvalue weighted by Gasteiger charge is 2.11. The van der Waals surface area contributed by atoms with Crippen molar-refractivity contribution in [3.05, 3.63) is 18.5 Å². The van der Waals surface area contributed by atoms with Crippen LogP contribution in [0.2, 0.25) is 0 Å². The normalized spacial score (nSPS) is 10.5. The molecule has 0 radical (unpaired) electrons. The van der Waals surface area contributed by atoms with E-state index in [4.69, 9.17) is 4.84 Å². The van der Waals surface area contributed by atoms with Crippen molar-refractivity contribution in [3.63, 3.8) is 0 Å². The van der Waals surface area contributed by atoms with Crippen molar-refractivity contribution in [3.8, 4) is 0 Å². The average Bonchev–Trinajstić information content (AvgIpc) is 2.36. The minimum Gasteiger partial charge on any atom is -0.369 e. The van der Waals surface area contributed by atoms with Gasteiger partial charge in [-0.2, -0.15) is 0 Å². The minimum atomic E-state index is 0.441. The highest BCUT2D eigenvalue weighted by Crippen LogP contribution is 1.90. The van der Waals surface area contributed by atoms with E-state index in [1.165, 1.54) is 0 Å². The molecule has 0 saturated carbocycles. The Hall–Kier alpha value is -0.990. The van der Waals surface area contributed by atoms with Crippen LogP contribution in [-0.2, 0) is 0 Å². The molecule has 0 amide bonds. The van der Waals surface area contributed by atoms with Gasteiger partial charge < -0.3 is 4.84 Å². The zero-order valence-electron chi connectivity index (χ0n) is 7.32. The Morgan fingerprint density at radius 2 is 2.27 bits per heavy atom. The van der Waals surface area contributed by atoms with Crippen molar-refractivity contribution >= 4 is 0 Å². The number of aromatic nitrogens is 2. The second-order valence-corrected chi connectivity index (χ2v) is 2.68. The first kappa shape index (κ1) is 8.11. The third-order valence-electron chi connectivity index (χ3n) is 1.47. The average molecular weight is 155 g/mol. The van der Waals surface area contributed by atoms with Crippen LogP contribution in [0.5, 0.6) is 0 Å². The SMILES string of the molecule is CCOn1ccc[n+]1C(C)C. The van der Waals surface area contributed by atoms with Crippen molar-refractivity contribution in [2.24, 2.45) is 0 Å². The maximum atomic E-state index is 5.32. The van der Waals surface area contributed by atoms with Crippen molar-refractivity contribution in [1.82, 2.24) is 4.85 Å². The van der Waals surface area contributed by atoms with Gasteiger partial charge in [-0.05, 0) is 20.8 Å². The summed E-state index contributed by atoms with van der Waals surface area (Å²) in [6, 6.07) is 2.41. The largest absolute Gasteiger partial charge is 0.369 e. The molecule has 0 bridgehead atoms. The maximum Gasteiger partial charge on any atom is 0.199 e. The maximum absolute atomic E-state index is 5.32. The molecule has 0 aromatic carbocycles. The molecule has 1 aromatic heterocycles. The zero-order valence-corrected chi connectivity index (χ0v) is 7.32. The second kappa shape index (κ2) is 3.42. The highest BCUT2D eigenvalue weighted by molar-refractivity contribution is 4.69. The number of rotatable bonds is 3. The van der Waals surface area contributed by atoms with E-state index in [0.717, 1.165) is 0 Å². The first-order valence-electron chi connectivity index (χ1n) is 3.97. The van der Waals surface area contributed by atoms with Gasteiger partial charge in [0.2, 0.25) is 0 Å². The van der Waals surface area contributed by atoms with Crippen LogP contribution in [0.3, 0.4) is 0 Å². The lowest BCUT2D eigenvalue weighted by Gasteiger charge is -2.03. The molecule has 1 aromatic rings. The fourth-order valence-corrected chi connectivity index (χ4v) is 0.985. The fraction of sp³-hybridized carbons (Fsp3) is 0.625. The number of hydrogen-bond donors (Lipinski definition) is 0. The molecular formula is C8H15N2O+. The van der Waals surface area contributed by atoms with Crippen LogP contribution >= 0.6 is 0 Å². The van der Waals surface area contributed by atoms with E-state index in [1.807, 2.05) is 30.1 Å². The standard InChI is InChI=1S/C8H15N2O/c1-4-11-10-7-5-6-9(10)8(2)3/h5-8H,4H2,1-3H3/q+1. The predicted molar refractivity (Wildman–Crippen MR) is 42.1 cm³/mol. The van der Waals surface area contributed by atoms with Crippen LogP contribution in [0.4, 0.5) is 0 Å².